The van der Waals surface area contributed by atoms with E-state index < -0.39 is 0 Å². The normalized spacial score (nSPS) is 11.0. The summed E-state index contributed by atoms with van der Waals surface area (Å²) in [6.07, 6.45) is 3.94. The van der Waals surface area contributed by atoms with Gasteiger partial charge in [-0.2, -0.15) is 0 Å². The zero-order chi connectivity index (χ0) is 17.4. The molecule has 5 heteroatoms. The van der Waals surface area contributed by atoms with Gasteiger partial charge in [0.2, 0.25) is 0 Å². The largest absolute Gasteiger partial charge is 0.331 e. The van der Waals surface area contributed by atoms with Crippen LogP contribution in [-0.4, -0.2) is 20.0 Å². The van der Waals surface area contributed by atoms with Gasteiger partial charge in [-0.3, -0.25) is 4.79 Å². The topological polar surface area (TPSA) is 51.9 Å². The molecule has 4 aromatic rings. The van der Waals surface area contributed by atoms with Gasteiger partial charge >= 0.3 is 0 Å². The van der Waals surface area contributed by atoms with Crippen molar-refractivity contribution in [1.29, 1.82) is 0 Å². The van der Waals surface area contributed by atoms with Crippen LogP contribution in [0.3, 0.4) is 0 Å². The first kappa shape index (κ1) is 15.2. The number of carbonyl (C=O) groups is 1. The lowest BCUT2D eigenvalue weighted by molar-refractivity contribution is 0.102. The Morgan fingerprint density at radius 2 is 1.76 bits per heavy atom. The van der Waals surface area contributed by atoms with E-state index in [0.717, 1.165) is 28.2 Å². The maximum absolute atomic E-state index is 12.5. The number of nitrogens with zero attached hydrogens (tertiary/aromatic N) is 3. The zero-order valence-corrected chi connectivity index (χ0v) is 14.1. The highest BCUT2D eigenvalue weighted by Gasteiger charge is 2.09. The van der Waals surface area contributed by atoms with Crippen LogP contribution in [0.25, 0.3) is 16.7 Å². The van der Waals surface area contributed by atoms with Gasteiger partial charge < -0.3 is 14.5 Å². The number of fused-ring (bicyclic) bond motifs is 1. The molecule has 0 aliphatic heterocycles. The number of carbonyl (C=O) groups excluding carboxylic acids is 1. The molecule has 124 valence electrons. The molecule has 0 aliphatic carbocycles. The highest BCUT2D eigenvalue weighted by Crippen LogP contribution is 2.20. The molecule has 0 bridgehead atoms. The lowest BCUT2D eigenvalue weighted by Gasteiger charge is -2.07. The first-order chi connectivity index (χ1) is 12.1. The van der Waals surface area contributed by atoms with E-state index in [1.54, 1.807) is 0 Å². The van der Waals surface area contributed by atoms with Crippen LogP contribution in [0.2, 0.25) is 0 Å². The molecule has 2 aromatic heterocycles. The van der Waals surface area contributed by atoms with E-state index in [0.29, 0.717) is 5.56 Å². The van der Waals surface area contributed by atoms with Crippen molar-refractivity contribution in [2.75, 3.05) is 5.32 Å². The minimum absolute atomic E-state index is 0.133. The maximum Gasteiger partial charge on any atom is 0.255 e. The van der Waals surface area contributed by atoms with Crippen molar-refractivity contribution in [3.8, 4) is 5.69 Å². The first-order valence-electron chi connectivity index (χ1n) is 8.10. The fourth-order valence-corrected chi connectivity index (χ4v) is 2.89. The lowest BCUT2D eigenvalue weighted by Crippen LogP contribution is -2.11. The second-order valence-corrected chi connectivity index (χ2v) is 6.01. The molecular formula is C20H18N4O. The molecule has 0 saturated carbocycles. The zero-order valence-electron chi connectivity index (χ0n) is 14.1. The van der Waals surface area contributed by atoms with E-state index in [9.17, 15) is 4.79 Å². The fourth-order valence-electron chi connectivity index (χ4n) is 2.89. The minimum Gasteiger partial charge on any atom is -0.331 e. The molecule has 4 rings (SSSR count). The van der Waals surface area contributed by atoms with Crippen molar-refractivity contribution >= 4 is 22.6 Å². The monoisotopic (exact) mass is 330 g/mol. The smallest absolute Gasteiger partial charge is 0.255 e. The van der Waals surface area contributed by atoms with Crippen LogP contribution in [0.5, 0.6) is 0 Å². The number of nitrogens with one attached hydrogen (secondary N) is 1. The Labute approximate surface area is 145 Å². The van der Waals surface area contributed by atoms with E-state index >= 15 is 0 Å². The van der Waals surface area contributed by atoms with Crippen molar-refractivity contribution in [2.24, 2.45) is 7.05 Å². The quantitative estimate of drug-likeness (QED) is 0.619. The predicted octanol–water partition coefficient (Wildman–Crippen LogP) is 3.92. The molecule has 2 aromatic carbocycles. The number of benzene rings is 2. The molecule has 0 saturated heterocycles. The Morgan fingerprint density at radius 3 is 2.48 bits per heavy atom. The summed E-state index contributed by atoms with van der Waals surface area (Å²) in [4.78, 5) is 17.0. The van der Waals surface area contributed by atoms with Crippen LogP contribution in [0.1, 0.15) is 16.2 Å². The minimum atomic E-state index is -0.133. The SMILES string of the molecule is Cc1nc2cc(NC(=O)c3ccc(-n4cccc4)cc3)ccc2n1C. The third-order valence-electron chi connectivity index (χ3n) is 4.39. The number of hydrogen-bond donors (Lipinski definition) is 1. The van der Waals surface area contributed by atoms with Crippen LogP contribution in [0.4, 0.5) is 5.69 Å². The van der Waals surface area contributed by atoms with Crippen molar-refractivity contribution in [2.45, 2.75) is 6.92 Å². The van der Waals surface area contributed by atoms with Gasteiger partial charge in [0.05, 0.1) is 11.0 Å². The summed E-state index contributed by atoms with van der Waals surface area (Å²) in [5.41, 5.74) is 4.30. The molecule has 0 unspecified atom stereocenters. The summed E-state index contributed by atoms with van der Waals surface area (Å²) in [7, 11) is 1.98. The number of anilines is 1. The van der Waals surface area contributed by atoms with Crippen molar-refractivity contribution in [3.63, 3.8) is 0 Å². The number of imidazole rings is 1. The van der Waals surface area contributed by atoms with Crippen LogP contribution in [-0.2, 0) is 7.05 Å². The lowest BCUT2D eigenvalue weighted by atomic mass is 10.2. The maximum atomic E-state index is 12.5. The molecule has 0 aliphatic rings. The van der Waals surface area contributed by atoms with Crippen molar-refractivity contribution in [3.05, 3.63) is 78.4 Å². The van der Waals surface area contributed by atoms with E-state index in [1.807, 2.05) is 90.1 Å². The van der Waals surface area contributed by atoms with Crippen molar-refractivity contribution < 1.29 is 4.79 Å². The summed E-state index contributed by atoms with van der Waals surface area (Å²) in [5.74, 6) is 0.810. The molecule has 2 heterocycles. The number of rotatable bonds is 3. The molecule has 0 atom stereocenters. The van der Waals surface area contributed by atoms with Gasteiger partial charge in [0.1, 0.15) is 5.82 Å². The third kappa shape index (κ3) is 2.80. The van der Waals surface area contributed by atoms with Gasteiger partial charge in [0.25, 0.3) is 5.91 Å². The fraction of sp³-hybridized carbons (Fsp3) is 0.100. The van der Waals surface area contributed by atoms with E-state index in [4.69, 9.17) is 0 Å². The second kappa shape index (κ2) is 5.94. The van der Waals surface area contributed by atoms with Gasteiger partial charge in [-0.05, 0) is 61.5 Å². The molecule has 0 radical (unpaired) electrons. The highest BCUT2D eigenvalue weighted by molar-refractivity contribution is 6.05. The van der Waals surface area contributed by atoms with Crippen LogP contribution in [0.15, 0.2) is 67.0 Å². The Kier molecular flexibility index (Phi) is 3.61. The predicted molar refractivity (Wildman–Crippen MR) is 99.2 cm³/mol. The summed E-state index contributed by atoms with van der Waals surface area (Å²) < 4.78 is 4.03. The van der Waals surface area contributed by atoms with Crippen LogP contribution < -0.4 is 5.32 Å². The number of amides is 1. The summed E-state index contributed by atoms with van der Waals surface area (Å²) in [5, 5.41) is 2.94. The van der Waals surface area contributed by atoms with Crippen molar-refractivity contribution in [1.82, 2.24) is 14.1 Å². The second-order valence-electron chi connectivity index (χ2n) is 6.01. The molecule has 25 heavy (non-hydrogen) atoms. The summed E-state index contributed by atoms with van der Waals surface area (Å²) >= 11 is 0. The molecule has 1 amide bonds. The Balaban J connectivity index is 1.55. The number of hydrogen-bond acceptors (Lipinski definition) is 2. The third-order valence-corrected chi connectivity index (χ3v) is 4.39. The Hall–Kier alpha value is -3.34. The average molecular weight is 330 g/mol. The molecule has 1 N–H and O–H groups in total. The molecule has 0 fully saturated rings. The average Bonchev–Trinajstić information content (AvgIpc) is 3.24. The van der Waals surface area contributed by atoms with Crippen LogP contribution >= 0.6 is 0 Å². The van der Waals surface area contributed by atoms with Gasteiger partial charge in [-0.1, -0.05) is 0 Å². The van der Waals surface area contributed by atoms with Crippen LogP contribution in [0, 0.1) is 6.92 Å². The molecule has 0 spiro atoms. The summed E-state index contributed by atoms with van der Waals surface area (Å²) in [6, 6.07) is 17.2. The van der Waals surface area contributed by atoms with E-state index in [2.05, 4.69) is 10.3 Å². The molecule has 5 nitrogen and oxygen atoms in total. The number of aryl methyl sites for hydroxylation is 2. The standard InChI is InChI=1S/C20H18N4O/c1-14-21-18-13-16(7-10-19(18)23(14)2)22-20(25)15-5-8-17(9-6-15)24-11-3-4-12-24/h3-13H,1-2H3,(H,22,25). The Bertz CT molecular complexity index is 1040. The summed E-state index contributed by atoms with van der Waals surface area (Å²) in [6.45, 7) is 1.96. The molecular weight excluding hydrogens is 312 g/mol. The number of aromatic nitrogens is 3. The van der Waals surface area contributed by atoms with Gasteiger partial charge in [-0.25, -0.2) is 4.98 Å². The Morgan fingerprint density at radius 1 is 1.04 bits per heavy atom. The highest BCUT2D eigenvalue weighted by atomic mass is 16.1. The van der Waals surface area contributed by atoms with Gasteiger partial charge in [-0.15, -0.1) is 0 Å². The van der Waals surface area contributed by atoms with Gasteiger partial charge in [0, 0.05) is 36.4 Å². The van der Waals surface area contributed by atoms with Gasteiger partial charge in [0.15, 0.2) is 0 Å². The van der Waals surface area contributed by atoms with E-state index in [-0.39, 0.29) is 5.91 Å². The van der Waals surface area contributed by atoms with E-state index in [1.165, 1.54) is 0 Å². The first-order valence-corrected chi connectivity index (χ1v) is 8.10.